The van der Waals surface area contributed by atoms with E-state index in [1.807, 2.05) is 30.3 Å². The minimum atomic E-state index is -0.440. The number of carbonyl (C=O) groups excluding carboxylic acids is 2. The highest BCUT2D eigenvalue weighted by molar-refractivity contribution is 5.83. The van der Waals surface area contributed by atoms with Gasteiger partial charge in [-0.25, -0.2) is 9.18 Å². The van der Waals surface area contributed by atoms with E-state index >= 15 is 0 Å². The van der Waals surface area contributed by atoms with E-state index in [1.54, 1.807) is 17.2 Å². The van der Waals surface area contributed by atoms with Gasteiger partial charge in [-0.15, -0.1) is 0 Å². The highest BCUT2D eigenvalue weighted by Gasteiger charge is 2.40. The fourth-order valence-corrected chi connectivity index (χ4v) is 4.00. The molecule has 6 nitrogen and oxygen atoms in total. The van der Waals surface area contributed by atoms with Crippen LogP contribution >= 0.6 is 0 Å². The molecular weight excluding hydrogens is 387 g/mol. The number of fused-ring (bicyclic) bond motifs is 1. The summed E-state index contributed by atoms with van der Waals surface area (Å²) in [6.45, 7) is 1.97. The number of hydrogen-bond acceptors (Lipinski definition) is 4. The monoisotopic (exact) mass is 410 g/mol. The largest absolute Gasteiger partial charge is 0.460 e. The molecule has 0 aliphatic carbocycles. The van der Waals surface area contributed by atoms with Crippen LogP contribution in [0.2, 0.25) is 0 Å². The van der Waals surface area contributed by atoms with Gasteiger partial charge in [-0.05, 0) is 35.7 Å². The second kappa shape index (κ2) is 8.57. The van der Waals surface area contributed by atoms with E-state index in [1.165, 1.54) is 19.1 Å². The van der Waals surface area contributed by atoms with Gasteiger partial charge in [0.1, 0.15) is 18.5 Å². The predicted octanol–water partition coefficient (Wildman–Crippen LogP) is 4.19. The number of amides is 1. The molecule has 0 unspecified atom stereocenters. The first-order valence-corrected chi connectivity index (χ1v) is 9.91. The minimum Gasteiger partial charge on any atom is -0.460 e. The average molecular weight is 410 g/mol. The highest BCUT2D eigenvalue weighted by atomic mass is 19.1. The summed E-state index contributed by atoms with van der Waals surface area (Å²) in [5.41, 5.74) is 2.51. The second-order valence-electron chi connectivity index (χ2n) is 7.45. The molecule has 1 saturated heterocycles. The lowest BCUT2D eigenvalue weighted by atomic mass is 10.0. The summed E-state index contributed by atoms with van der Waals surface area (Å²) in [7, 11) is 0. The van der Waals surface area contributed by atoms with Gasteiger partial charge in [0.25, 0.3) is 0 Å². The van der Waals surface area contributed by atoms with Gasteiger partial charge in [-0.3, -0.25) is 4.79 Å². The van der Waals surface area contributed by atoms with E-state index in [9.17, 15) is 14.0 Å². The Hall–Kier alpha value is -3.35. The van der Waals surface area contributed by atoms with Crippen LogP contribution in [0.15, 0.2) is 54.7 Å². The van der Waals surface area contributed by atoms with Gasteiger partial charge in [0.15, 0.2) is 0 Å². The summed E-state index contributed by atoms with van der Waals surface area (Å²) in [6.07, 6.45) is 1.95. The maximum Gasteiger partial charge on any atom is 0.410 e. The van der Waals surface area contributed by atoms with Gasteiger partial charge in [-0.1, -0.05) is 30.3 Å². The predicted molar refractivity (Wildman–Crippen MR) is 109 cm³/mol. The number of hydrogen-bond donors (Lipinski definition) is 1. The van der Waals surface area contributed by atoms with Gasteiger partial charge >= 0.3 is 12.1 Å². The Balaban J connectivity index is 1.53. The van der Waals surface area contributed by atoms with Crippen LogP contribution in [-0.2, 0) is 27.3 Å². The van der Waals surface area contributed by atoms with Crippen LogP contribution in [-0.4, -0.2) is 40.6 Å². The highest BCUT2D eigenvalue weighted by Crippen LogP contribution is 2.29. The van der Waals surface area contributed by atoms with Crippen molar-refractivity contribution in [3.8, 4) is 0 Å². The average Bonchev–Trinajstić information content (AvgIpc) is 3.31. The maximum atomic E-state index is 13.5. The van der Waals surface area contributed by atoms with Gasteiger partial charge in [0.2, 0.25) is 0 Å². The second-order valence-corrected chi connectivity index (χ2v) is 7.45. The Morgan fingerprint density at radius 1 is 1.20 bits per heavy atom. The number of aromatic nitrogens is 1. The first kappa shape index (κ1) is 19.9. The Kier molecular flexibility index (Phi) is 5.70. The zero-order valence-corrected chi connectivity index (χ0v) is 16.6. The lowest BCUT2D eigenvalue weighted by Gasteiger charge is -2.27. The van der Waals surface area contributed by atoms with Crippen molar-refractivity contribution in [1.82, 2.24) is 9.88 Å². The number of esters is 1. The molecule has 3 aromatic rings. The van der Waals surface area contributed by atoms with Crippen molar-refractivity contribution in [2.45, 2.75) is 38.5 Å². The molecule has 4 rings (SSSR count). The molecule has 156 valence electrons. The molecule has 1 aliphatic heterocycles. The number of likely N-dealkylation sites (tertiary alicyclic amines) is 1. The van der Waals surface area contributed by atoms with E-state index in [4.69, 9.17) is 9.47 Å². The topological polar surface area (TPSA) is 71.6 Å². The van der Waals surface area contributed by atoms with Crippen molar-refractivity contribution < 1.29 is 23.5 Å². The maximum absolute atomic E-state index is 13.5. The van der Waals surface area contributed by atoms with Crippen molar-refractivity contribution in [2.24, 2.45) is 0 Å². The molecule has 30 heavy (non-hydrogen) atoms. The minimum absolute atomic E-state index is 0.174. The van der Waals surface area contributed by atoms with E-state index in [0.717, 1.165) is 16.5 Å². The quantitative estimate of drug-likeness (QED) is 0.640. The normalized spacial score (nSPS) is 18.5. The van der Waals surface area contributed by atoms with E-state index in [2.05, 4.69) is 4.98 Å². The van der Waals surface area contributed by atoms with Crippen molar-refractivity contribution in [2.75, 3.05) is 6.54 Å². The molecule has 7 heteroatoms. The molecule has 1 aromatic heterocycles. The Bertz CT molecular complexity index is 1050. The molecule has 1 fully saturated rings. The smallest absolute Gasteiger partial charge is 0.410 e. The van der Waals surface area contributed by atoms with Gasteiger partial charge in [0.05, 0.1) is 6.04 Å². The molecule has 1 aliphatic rings. The number of nitrogens with one attached hydrogen (secondary N) is 1. The summed E-state index contributed by atoms with van der Waals surface area (Å²) < 4.78 is 24.5. The van der Waals surface area contributed by atoms with Crippen LogP contribution in [0, 0.1) is 5.82 Å². The number of nitrogens with zero attached hydrogens (tertiary/aromatic N) is 1. The lowest BCUT2D eigenvalue weighted by Crippen LogP contribution is -2.42. The van der Waals surface area contributed by atoms with Gasteiger partial charge in [0, 0.05) is 37.0 Å². The first-order chi connectivity index (χ1) is 14.5. The van der Waals surface area contributed by atoms with Crippen LogP contribution in [0.4, 0.5) is 9.18 Å². The molecule has 2 aromatic carbocycles. The molecule has 0 radical (unpaired) electrons. The summed E-state index contributed by atoms with van der Waals surface area (Å²) in [5, 5.41) is 0.877. The van der Waals surface area contributed by atoms with Crippen molar-refractivity contribution >= 4 is 23.0 Å². The molecule has 1 N–H and O–H groups in total. The summed E-state index contributed by atoms with van der Waals surface area (Å²) in [6, 6.07) is 13.6. The van der Waals surface area contributed by atoms with Crippen molar-refractivity contribution in [1.29, 1.82) is 0 Å². The van der Waals surface area contributed by atoms with Gasteiger partial charge < -0.3 is 19.4 Å². The van der Waals surface area contributed by atoms with Crippen molar-refractivity contribution in [3.63, 3.8) is 0 Å². The Morgan fingerprint density at radius 2 is 2.00 bits per heavy atom. The number of halogens is 1. The lowest BCUT2D eigenvalue weighted by molar-refractivity contribution is -0.147. The number of carbonyl (C=O) groups is 2. The fourth-order valence-electron chi connectivity index (χ4n) is 4.00. The first-order valence-electron chi connectivity index (χ1n) is 9.91. The summed E-state index contributed by atoms with van der Waals surface area (Å²) in [4.78, 5) is 29.1. The zero-order valence-electron chi connectivity index (χ0n) is 16.6. The van der Waals surface area contributed by atoms with Gasteiger partial charge in [-0.2, -0.15) is 0 Å². The Morgan fingerprint density at radius 3 is 2.77 bits per heavy atom. The molecule has 0 spiro atoms. The van der Waals surface area contributed by atoms with Crippen LogP contribution in [0.3, 0.4) is 0 Å². The SMILES string of the molecule is CC(=O)O[C@H]1CCN(C(=O)OCc2ccccc2)[C@@H]1Cc1c[nH]c2cc(F)ccc12. The van der Waals surface area contributed by atoms with E-state index in [-0.39, 0.29) is 24.4 Å². The van der Waals surface area contributed by atoms with Crippen LogP contribution in [0.5, 0.6) is 0 Å². The third-order valence-corrected chi connectivity index (χ3v) is 5.40. The standard InChI is InChI=1S/C23H23FN2O4/c1-15(27)30-22-9-10-26(23(28)29-14-16-5-3-2-4-6-16)21(22)11-17-13-25-20-12-18(24)7-8-19(17)20/h2-8,12-13,21-22,25H,9-11,14H2,1H3/t21-,22+/m1/s1. The fraction of sp³-hybridized carbons (Fsp3) is 0.304. The van der Waals surface area contributed by atoms with Crippen LogP contribution in [0.25, 0.3) is 10.9 Å². The Labute approximate surface area is 173 Å². The molecule has 2 heterocycles. The zero-order chi connectivity index (χ0) is 21.1. The molecule has 0 bridgehead atoms. The summed E-state index contributed by atoms with van der Waals surface area (Å²) in [5.74, 6) is -0.703. The molecule has 1 amide bonds. The molecule has 2 atom stereocenters. The number of ether oxygens (including phenoxy) is 2. The van der Waals surface area contributed by atoms with Crippen molar-refractivity contribution in [3.05, 3.63) is 71.7 Å². The molecule has 0 saturated carbocycles. The number of H-pyrrole nitrogens is 1. The van der Waals surface area contributed by atoms with E-state index in [0.29, 0.717) is 24.9 Å². The van der Waals surface area contributed by atoms with Crippen LogP contribution < -0.4 is 0 Å². The third-order valence-electron chi connectivity index (χ3n) is 5.40. The number of benzene rings is 2. The van der Waals surface area contributed by atoms with Crippen LogP contribution in [0.1, 0.15) is 24.5 Å². The number of rotatable bonds is 5. The molecular formula is C23H23FN2O4. The van der Waals surface area contributed by atoms with E-state index < -0.39 is 12.2 Å². The summed E-state index contributed by atoms with van der Waals surface area (Å²) >= 11 is 0. The third kappa shape index (κ3) is 4.30. The number of aromatic amines is 1.